The quantitative estimate of drug-likeness (QED) is 0.735. The van der Waals surface area contributed by atoms with Crippen molar-refractivity contribution in [3.05, 3.63) is 70.8 Å². The van der Waals surface area contributed by atoms with Crippen LogP contribution in [0.15, 0.2) is 42.5 Å². The minimum absolute atomic E-state index is 0.00556. The van der Waals surface area contributed by atoms with E-state index in [1.165, 1.54) is 18.2 Å². The van der Waals surface area contributed by atoms with E-state index in [1.54, 1.807) is 19.1 Å². The molecule has 0 fully saturated rings. The van der Waals surface area contributed by atoms with Crippen LogP contribution in [0.25, 0.3) is 0 Å². The van der Waals surface area contributed by atoms with Crippen LogP contribution < -0.4 is 5.32 Å². The van der Waals surface area contributed by atoms with Gasteiger partial charge in [-0.25, -0.2) is 8.78 Å². The van der Waals surface area contributed by atoms with Gasteiger partial charge in [0.25, 0.3) is 5.91 Å². The van der Waals surface area contributed by atoms with Gasteiger partial charge in [-0.1, -0.05) is 25.1 Å². The maximum atomic E-state index is 13.7. The molecule has 1 amide bonds. The van der Waals surface area contributed by atoms with E-state index in [-0.39, 0.29) is 23.9 Å². The fourth-order valence-electron chi connectivity index (χ4n) is 3.05. The van der Waals surface area contributed by atoms with Crippen LogP contribution in [-0.2, 0) is 13.0 Å². The first-order valence-electron chi connectivity index (χ1n) is 9.38. The predicted molar refractivity (Wildman–Crippen MR) is 105 cm³/mol. The largest absolute Gasteiger partial charge is 0.349 e. The van der Waals surface area contributed by atoms with Crippen LogP contribution in [0.5, 0.6) is 0 Å². The first-order chi connectivity index (χ1) is 12.8. The zero-order valence-electron chi connectivity index (χ0n) is 16.4. The molecule has 1 atom stereocenters. The van der Waals surface area contributed by atoms with Gasteiger partial charge in [0.05, 0.1) is 0 Å². The third kappa shape index (κ3) is 5.86. The van der Waals surface area contributed by atoms with Crippen LogP contribution in [0, 0.1) is 11.6 Å². The summed E-state index contributed by atoms with van der Waals surface area (Å²) in [5.41, 5.74) is 1.67. The van der Waals surface area contributed by atoms with E-state index in [4.69, 9.17) is 0 Å². The number of carbonyl (C=O) groups excluding carboxylic acids is 1. The van der Waals surface area contributed by atoms with Crippen LogP contribution in [0.2, 0.25) is 0 Å². The molecule has 2 aromatic rings. The first kappa shape index (κ1) is 21.0. The zero-order chi connectivity index (χ0) is 20.0. The number of hydrogen-bond acceptors (Lipinski definition) is 2. The van der Waals surface area contributed by atoms with Gasteiger partial charge >= 0.3 is 0 Å². The summed E-state index contributed by atoms with van der Waals surface area (Å²) in [5, 5.41) is 2.81. The Bertz CT molecular complexity index is 739. The van der Waals surface area contributed by atoms with Gasteiger partial charge in [0.15, 0.2) is 0 Å². The Balaban J connectivity index is 1.97. The lowest BCUT2D eigenvalue weighted by Gasteiger charge is -2.24. The summed E-state index contributed by atoms with van der Waals surface area (Å²) in [6.45, 7) is 9.97. The van der Waals surface area contributed by atoms with E-state index in [9.17, 15) is 13.6 Å². The molecule has 5 heteroatoms. The average Bonchev–Trinajstić information content (AvgIpc) is 2.63. The molecule has 2 rings (SSSR count). The van der Waals surface area contributed by atoms with Gasteiger partial charge in [-0.15, -0.1) is 0 Å². The van der Waals surface area contributed by atoms with Crippen molar-refractivity contribution in [2.75, 3.05) is 6.54 Å². The molecule has 0 aliphatic rings. The van der Waals surface area contributed by atoms with Crippen molar-refractivity contribution in [3.63, 3.8) is 0 Å². The van der Waals surface area contributed by atoms with E-state index >= 15 is 0 Å². The summed E-state index contributed by atoms with van der Waals surface area (Å²) in [6.07, 6.45) is 0.0994. The molecule has 27 heavy (non-hydrogen) atoms. The van der Waals surface area contributed by atoms with Gasteiger partial charge < -0.3 is 5.32 Å². The van der Waals surface area contributed by atoms with Crippen molar-refractivity contribution in [2.24, 2.45) is 0 Å². The molecule has 0 aromatic heterocycles. The molecule has 0 saturated carbocycles. The second kappa shape index (κ2) is 9.60. The smallest absolute Gasteiger partial charge is 0.251 e. The Kier molecular flexibility index (Phi) is 7.48. The van der Waals surface area contributed by atoms with Crippen LogP contribution in [0.1, 0.15) is 49.2 Å². The second-order valence-corrected chi connectivity index (χ2v) is 7.13. The number of amides is 1. The highest BCUT2D eigenvalue weighted by atomic mass is 19.1. The number of carbonyl (C=O) groups is 1. The summed E-state index contributed by atoms with van der Waals surface area (Å²) in [7, 11) is 0. The number of nitrogens with one attached hydrogen (secondary N) is 1. The summed E-state index contributed by atoms with van der Waals surface area (Å²) < 4.78 is 27.5. The van der Waals surface area contributed by atoms with Crippen LogP contribution in [0.4, 0.5) is 8.78 Å². The maximum absolute atomic E-state index is 13.7. The van der Waals surface area contributed by atoms with Crippen LogP contribution in [-0.4, -0.2) is 29.4 Å². The molecule has 2 aromatic carbocycles. The monoisotopic (exact) mass is 374 g/mol. The topological polar surface area (TPSA) is 32.3 Å². The van der Waals surface area contributed by atoms with E-state index in [2.05, 4.69) is 31.0 Å². The first-order valence-corrected chi connectivity index (χ1v) is 9.38. The average molecular weight is 374 g/mol. The highest BCUT2D eigenvalue weighted by Gasteiger charge is 2.15. The number of hydrogen-bond donors (Lipinski definition) is 1. The third-order valence-corrected chi connectivity index (χ3v) is 4.69. The molecular formula is C22H28F2N2O. The highest BCUT2D eigenvalue weighted by molar-refractivity contribution is 5.94. The number of halogens is 2. The molecule has 146 valence electrons. The number of nitrogens with zero attached hydrogens (tertiary/aromatic N) is 1. The van der Waals surface area contributed by atoms with Crippen molar-refractivity contribution in [1.29, 1.82) is 0 Å². The molecule has 0 radical (unpaired) electrons. The van der Waals surface area contributed by atoms with E-state index < -0.39 is 11.6 Å². The van der Waals surface area contributed by atoms with Crippen LogP contribution >= 0.6 is 0 Å². The maximum Gasteiger partial charge on any atom is 0.251 e. The molecule has 3 nitrogen and oxygen atoms in total. The molecule has 0 bridgehead atoms. The van der Waals surface area contributed by atoms with E-state index in [1.807, 2.05) is 12.1 Å². The molecular weight excluding hydrogens is 346 g/mol. The summed E-state index contributed by atoms with van der Waals surface area (Å²) in [6, 6.07) is 11.3. The normalized spacial score (nSPS) is 12.4. The molecule has 0 heterocycles. The fraction of sp³-hybridized carbons (Fsp3) is 0.409. The van der Waals surface area contributed by atoms with Crippen molar-refractivity contribution in [2.45, 2.75) is 52.7 Å². The Morgan fingerprint density at radius 1 is 1.04 bits per heavy atom. The lowest BCUT2D eigenvalue weighted by Crippen LogP contribution is -2.34. The summed E-state index contributed by atoms with van der Waals surface area (Å²) in [4.78, 5) is 14.7. The van der Waals surface area contributed by atoms with Gasteiger partial charge in [-0.2, -0.15) is 0 Å². The van der Waals surface area contributed by atoms with Gasteiger partial charge in [-0.05, 0) is 63.6 Å². The van der Waals surface area contributed by atoms with Crippen molar-refractivity contribution < 1.29 is 13.6 Å². The lowest BCUT2D eigenvalue weighted by molar-refractivity contribution is 0.0939. The Morgan fingerprint density at radius 3 is 2.15 bits per heavy atom. The molecule has 0 spiro atoms. The lowest BCUT2D eigenvalue weighted by atomic mass is 10.0. The van der Waals surface area contributed by atoms with Gasteiger partial charge in [0.2, 0.25) is 0 Å². The molecule has 0 saturated heterocycles. The summed E-state index contributed by atoms with van der Waals surface area (Å²) >= 11 is 0. The predicted octanol–water partition coefficient (Wildman–Crippen LogP) is 4.56. The zero-order valence-corrected chi connectivity index (χ0v) is 16.4. The molecule has 0 aliphatic heterocycles. The SMILES string of the molecule is CCN(Cc1ccc(C(=O)NC(C)Cc2c(F)cccc2F)cc1)C(C)C. The molecule has 1 unspecified atom stereocenters. The van der Waals surface area contributed by atoms with E-state index in [0.29, 0.717) is 11.6 Å². The third-order valence-electron chi connectivity index (χ3n) is 4.69. The van der Waals surface area contributed by atoms with E-state index in [0.717, 1.165) is 18.7 Å². The van der Waals surface area contributed by atoms with Crippen molar-refractivity contribution >= 4 is 5.91 Å². The second-order valence-electron chi connectivity index (χ2n) is 7.13. The molecule has 0 aliphatic carbocycles. The van der Waals surface area contributed by atoms with Crippen molar-refractivity contribution in [3.8, 4) is 0 Å². The number of benzene rings is 2. The Labute approximate surface area is 160 Å². The highest BCUT2D eigenvalue weighted by Crippen LogP contribution is 2.15. The minimum atomic E-state index is -0.592. The summed E-state index contributed by atoms with van der Waals surface area (Å²) in [5.74, 6) is -1.43. The number of rotatable bonds is 8. The minimum Gasteiger partial charge on any atom is -0.349 e. The van der Waals surface area contributed by atoms with Crippen LogP contribution in [0.3, 0.4) is 0 Å². The van der Waals surface area contributed by atoms with Gasteiger partial charge in [-0.3, -0.25) is 9.69 Å². The Hall–Kier alpha value is -2.27. The standard InChI is InChI=1S/C22H28F2N2O/c1-5-26(15(2)3)14-17-9-11-18(12-10-17)22(27)25-16(4)13-19-20(23)7-6-8-21(19)24/h6-12,15-16H,5,13-14H2,1-4H3,(H,25,27). The van der Waals surface area contributed by atoms with Gasteiger partial charge in [0, 0.05) is 29.8 Å². The molecule has 1 N–H and O–H groups in total. The van der Waals surface area contributed by atoms with Gasteiger partial charge in [0.1, 0.15) is 11.6 Å². The van der Waals surface area contributed by atoms with Crippen molar-refractivity contribution in [1.82, 2.24) is 10.2 Å². The Morgan fingerprint density at radius 2 is 1.63 bits per heavy atom. The fourth-order valence-corrected chi connectivity index (χ4v) is 3.05.